The van der Waals surface area contributed by atoms with Crippen LogP contribution in [-0.4, -0.2) is 31.5 Å². The summed E-state index contributed by atoms with van der Waals surface area (Å²) in [6.07, 6.45) is 6.62. The molecule has 6 heteroatoms. The molecule has 32 heavy (non-hydrogen) atoms. The van der Waals surface area contributed by atoms with E-state index in [1.165, 1.54) is 5.56 Å². The fraction of sp³-hybridized carbons (Fsp3) is 0.154. The Morgan fingerprint density at radius 2 is 1.75 bits per heavy atom. The molecule has 0 saturated heterocycles. The maximum absolute atomic E-state index is 4.70. The summed E-state index contributed by atoms with van der Waals surface area (Å²) in [6.45, 7) is 3.84. The van der Waals surface area contributed by atoms with Gasteiger partial charge in [0.05, 0.1) is 34.6 Å². The molecule has 1 aliphatic heterocycles. The number of benzene rings is 1. The van der Waals surface area contributed by atoms with Crippen molar-refractivity contribution in [3.63, 3.8) is 0 Å². The van der Waals surface area contributed by atoms with Gasteiger partial charge in [-0.05, 0) is 61.9 Å². The van der Waals surface area contributed by atoms with E-state index in [1.54, 1.807) is 6.33 Å². The van der Waals surface area contributed by atoms with Gasteiger partial charge >= 0.3 is 0 Å². The number of aryl methyl sites for hydroxylation is 1. The molecule has 4 aromatic heterocycles. The highest BCUT2D eigenvalue weighted by Crippen LogP contribution is 2.31. The van der Waals surface area contributed by atoms with E-state index in [0.717, 1.165) is 75.6 Å². The van der Waals surface area contributed by atoms with Crippen LogP contribution >= 0.6 is 0 Å². The molecule has 0 bridgehead atoms. The van der Waals surface area contributed by atoms with Gasteiger partial charge in [0.1, 0.15) is 0 Å². The van der Waals surface area contributed by atoms with E-state index in [2.05, 4.69) is 49.5 Å². The van der Waals surface area contributed by atoms with Gasteiger partial charge in [-0.3, -0.25) is 15.0 Å². The Morgan fingerprint density at radius 1 is 0.875 bits per heavy atom. The maximum Gasteiger partial charge on any atom is 0.0977 e. The molecule has 0 unspecified atom stereocenters. The summed E-state index contributed by atoms with van der Waals surface area (Å²) in [6, 6.07) is 16.7. The number of fused-ring (bicyclic) bond motifs is 2. The molecule has 0 saturated carbocycles. The van der Waals surface area contributed by atoms with Crippen molar-refractivity contribution in [3.05, 3.63) is 84.2 Å². The van der Waals surface area contributed by atoms with Crippen LogP contribution in [0.2, 0.25) is 0 Å². The summed E-state index contributed by atoms with van der Waals surface area (Å²) in [7, 11) is 0. The molecule has 156 valence electrons. The lowest BCUT2D eigenvalue weighted by atomic mass is 9.99. The smallest absolute Gasteiger partial charge is 0.0977 e. The van der Waals surface area contributed by atoms with Crippen molar-refractivity contribution in [2.45, 2.75) is 19.9 Å². The quantitative estimate of drug-likeness (QED) is 0.444. The second-order valence-electron chi connectivity index (χ2n) is 8.18. The van der Waals surface area contributed by atoms with Gasteiger partial charge < -0.3 is 10.3 Å². The van der Waals surface area contributed by atoms with Gasteiger partial charge in [-0.2, -0.15) is 0 Å². The third-order valence-electron chi connectivity index (χ3n) is 6.00. The third-order valence-corrected chi connectivity index (χ3v) is 6.00. The molecule has 5 aromatic rings. The minimum atomic E-state index is 0.844. The minimum Gasteiger partial charge on any atom is -0.343 e. The van der Waals surface area contributed by atoms with Crippen molar-refractivity contribution in [2.24, 2.45) is 0 Å². The zero-order valence-corrected chi connectivity index (χ0v) is 17.8. The fourth-order valence-corrected chi connectivity index (χ4v) is 4.33. The molecule has 0 fully saturated rings. The second kappa shape index (κ2) is 7.66. The van der Waals surface area contributed by atoms with Crippen LogP contribution in [0.5, 0.6) is 0 Å². The number of hydrogen-bond acceptors (Lipinski definition) is 5. The molecule has 2 N–H and O–H groups in total. The lowest BCUT2D eigenvalue weighted by Crippen LogP contribution is -2.24. The fourth-order valence-electron chi connectivity index (χ4n) is 4.33. The number of rotatable bonds is 3. The van der Waals surface area contributed by atoms with Crippen LogP contribution < -0.4 is 5.32 Å². The van der Waals surface area contributed by atoms with Gasteiger partial charge in [0.2, 0.25) is 0 Å². The van der Waals surface area contributed by atoms with Crippen LogP contribution in [0.25, 0.3) is 44.7 Å². The molecule has 1 aliphatic rings. The van der Waals surface area contributed by atoms with Crippen LogP contribution in [-0.2, 0) is 13.0 Å². The average Bonchev–Trinajstić information content (AvgIpc) is 3.33. The number of H-pyrrole nitrogens is 1. The van der Waals surface area contributed by atoms with Gasteiger partial charge in [0.25, 0.3) is 0 Å². The van der Waals surface area contributed by atoms with Crippen molar-refractivity contribution >= 4 is 10.9 Å². The first-order chi connectivity index (χ1) is 15.7. The molecular weight excluding hydrogens is 396 g/mol. The first kappa shape index (κ1) is 18.8. The third kappa shape index (κ3) is 3.35. The molecule has 0 spiro atoms. The average molecular weight is 419 g/mol. The molecule has 1 aromatic carbocycles. The summed E-state index contributed by atoms with van der Waals surface area (Å²) in [5.41, 5.74) is 10.3. The van der Waals surface area contributed by atoms with Crippen LogP contribution in [0.3, 0.4) is 0 Å². The Kier molecular flexibility index (Phi) is 4.51. The van der Waals surface area contributed by atoms with Crippen molar-refractivity contribution in [1.29, 1.82) is 0 Å². The van der Waals surface area contributed by atoms with Crippen molar-refractivity contribution in [1.82, 2.24) is 30.2 Å². The monoisotopic (exact) mass is 418 g/mol. The molecule has 6 rings (SSSR count). The van der Waals surface area contributed by atoms with E-state index in [1.807, 2.05) is 43.6 Å². The summed E-state index contributed by atoms with van der Waals surface area (Å²) in [5.74, 6) is 0. The van der Waals surface area contributed by atoms with Crippen LogP contribution in [0.15, 0.2) is 67.3 Å². The molecule has 6 nitrogen and oxygen atoms in total. The number of imidazole rings is 1. The number of hydrogen-bond donors (Lipinski definition) is 2. The van der Waals surface area contributed by atoms with E-state index in [0.29, 0.717) is 0 Å². The number of aromatic nitrogens is 5. The first-order valence-electron chi connectivity index (χ1n) is 10.8. The van der Waals surface area contributed by atoms with Gasteiger partial charge in [-0.25, -0.2) is 4.98 Å². The Bertz CT molecular complexity index is 1450. The van der Waals surface area contributed by atoms with Crippen molar-refractivity contribution < 1.29 is 0 Å². The molecule has 0 atom stereocenters. The Labute approximate surface area is 185 Å². The molecular formula is C26H22N6. The second-order valence-corrected chi connectivity index (χ2v) is 8.18. The van der Waals surface area contributed by atoms with Crippen molar-refractivity contribution in [2.75, 3.05) is 6.54 Å². The lowest BCUT2D eigenvalue weighted by molar-refractivity contribution is 0.627. The summed E-state index contributed by atoms with van der Waals surface area (Å²) < 4.78 is 0. The molecule has 5 heterocycles. The highest BCUT2D eigenvalue weighted by molar-refractivity contribution is 5.89. The normalized spacial score (nSPS) is 13.3. The Morgan fingerprint density at radius 3 is 2.69 bits per heavy atom. The van der Waals surface area contributed by atoms with E-state index in [9.17, 15) is 0 Å². The Balaban J connectivity index is 1.42. The summed E-state index contributed by atoms with van der Waals surface area (Å²) in [5, 5.41) is 4.45. The highest BCUT2D eigenvalue weighted by Gasteiger charge is 2.14. The van der Waals surface area contributed by atoms with Gasteiger partial charge in [0.15, 0.2) is 0 Å². The maximum atomic E-state index is 4.70. The van der Waals surface area contributed by atoms with E-state index >= 15 is 0 Å². The predicted molar refractivity (Wildman–Crippen MR) is 126 cm³/mol. The summed E-state index contributed by atoms with van der Waals surface area (Å²) >= 11 is 0. The largest absolute Gasteiger partial charge is 0.343 e. The standard InChI is InChI=1S/C26H22N6/c1-16-3-2-4-23(32-16)26-25(30-15-31-26)18-5-6-22-19(10-18)11-21(12-28-22)20-9-17-7-8-27-14-24(17)29-13-20/h2-6,9-13,15,27H,7-8,14H2,1H3,(H,30,31). The predicted octanol–water partition coefficient (Wildman–Crippen LogP) is 4.70. The number of aromatic amines is 1. The topological polar surface area (TPSA) is 79.4 Å². The van der Waals surface area contributed by atoms with Gasteiger partial charge in [-0.15, -0.1) is 0 Å². The zero-order chi connectivity index (χ0) is 21.5. The molecule has 0 radical (unpaired) electrons. The SMILES string of the molecule is Cc1cccc(-c2[nH]cnc2-c2ccc3ncc(-c4cnc5c(c4)CCNC5)cc3c2)n1. The van der Waals surface area contributed by atoms with E-state index < -0.39 is 0 Å². The minimum absolute atomic E-state index is 0.844. The van der Waals surface area contributed by atoms with E-state index in [-0.39, 0.29) is 0 Å². The zero-order valence-electron chi connectivity index (χ0n) is 17.8. The van der Waals surface area contributed by atoms with Gasteiger partial charge in [-0.1, -0.05) is 12.1 Å². The van der Waals surface area contributed by atoms with Crippen LogP contribution in [0.4, 0.5) is 0 Å². The molecule has 0 aliphatic carbocycles. The first-order valence-corrected chi connectivity index (χ1v) is 10.8. The lowest BCUT2D eigenvalue weighted by Gasteiger charge is -2.16. The van der Waals surface area contributed by atoms with E-state index in [4.69, 9.17) is 4.98 Å². The Hall–Kier alpha value is -3.90. The number of nitrogens with zero attached hydrogens (tertiary/aromatic N) is 4. The van der Waals surface area contributed by atoms with Crippen molar-refractivity contribution in [3.8, 4) is 33.8 Å². The number of pyridine rings is 3. The number of nitrogens with one attached hydrogen (secondary N) is 2. The van der Waals surface area contributed by atoms with Gasteiger partial charge in [0, 0.05) is 46.7 Å². The van der Waals surface area contributed by atoms with Crippen LogP contribution in [0, 0.1) is 6.92 Å². The summed E-state index contributed by atoms with van der Waals surface area (Å²) in [4.78, 5) is 21.9. The van der Waals surface area contributed by atoms with Crippen LogP contribution in [0.1, 0.15) is 17.0 Å². The highest BCUT2D eigenvalue weighted by atomic mass is 14.9. The molecule has 0 amide bonds.